The smallest absolute Gasteiger partial charge is 0.0928 e. The molecule has 0 spiro atoms. The fourth-order valence-corrected chi connectivity index (χ4v) is 1.77. The first-order chi connectivity index (χ1) is 6.68. The number of hydrogen-bond donors (Lipinski definition) is 0. The van der Waals surface area contributed by atoms with Crippen molar-refractivity contribution in [2.24, 2.45) is 7.05 Å². The molecular weight excluding hydrogens is 172 g/mol. The Morgan fingerprint density at radius 3 is 2.21 bits per heavy atom. The maximum Gasteiger partial charge on any atom is 0.0928 e. The molecule has 0 fully saturated rings. The van der Waals surface area contributed by atoms with Gasteiger partial charge in [0.15, 0.2) is 0 Å². The van der Waals surface area contributed by atoms with Crippen LogP contribution in [0.2, 0.25) is 0 Å². The van der Waals surface area contributed by atoms with Gasteiger partial charge in [-0.25, -0.2) is 0 Å². The van der Waals surface area contributed by atoms with Crippen LogP contribution in [0.3, 0.4) is 0 Å². The molecule has 1 aromatic carbocycles. The second-order valence-corrected chi connectivity index (χ2v) is 3.64. The first kappa shape index (κ1) is 9.00. The van der Waals surface area contributed by atoms with Gasteiger partial charge in [-0.15, -0.1) is 0 Å². The van der Waals surface area contributed by atoms with Crippen LogP contribution in [0.25, 0.3) is 11.3 Å². The molecule has 72 valence electrons. The Morgan fingerprint density at radius 2 is 1.71 bits per heavy atom. The fourth-order valence-electron chi connectivity index (χ4n) is 1.77. The molecule has 0 aliphatic carbocycles. The summed E-state index contributed by atoms with van der Waals surface area (Å²) in [7, 11) is 1.94. The van der Waals surface area contributed by atoms with Crippen LogP contribution in [-0.4, -0.2) is 9.78 Å². The van der Waals surface area contributed by atoms with Crippen molar-refractivity contribution < 1.29 is 0 Å². The molecule has 14 heavy (non-hydrogen) atoms. The van der Waals surface area contributed by atoms with E-state index in [0.717, 1.165) is 5.69 Å². The number of aryl methyl sites for hydroxylation is 3. The average molecular weight is 186 g/mol. The van der Waals surface area contributed by atoms with Crippen LogP contribution in [0, 0.1) is 13.8 Å². The SMILES string of the molecule is Cc1cccc(C)c1-c1ccn(C)n1. The Kier molecular flexibility index (Phi) is 2.12. The second kappa shape index (κ2) is 3.29. The van der Waals surface area contributed by atoms with Gasteiger partial charge in [0.2, 0.25) is 0 Å². The number of aromatic nitrogens is 2. The normalized spacial score (nSPS) is 10.5. The van der Waals surface area contributed by atoms with Gasteiger partial charge in [-0.3, -0.25) is 4.68 Å². The number of hydrogen-bond acceptors (Lipinski definition) is 1. The summed E-state index contributed by atoms with van der Waals surface area (Å²) in [6.45, 7) is 4.24. The van der Waals surface area contributed by atoms with Crippen molar-refractivity contribution in [3.05, 3.63) is 41.6 Å². The van der Waals surface area contributed by atoms with E-state index >= 15 is 0 Å². The van der Waals surface area contributed by atoms with Gasteiger partial charge in [0, 0.05) is 18.8 Å². The summed E-state index contributed by atoms with van der Waals surface area (Å²) in [5.74, 6) is 0. The van der Waals surface area contributed by atoms with Crippen molar-refractivity contribution in [1.82, 2.24) is 9.78 Å². The van der Waals surface area contributed by atoms with Gasteiger partial charge < -0.3 is 0 Å². The van der Waals surface area contributed by atoms with Crippen molar-refractivity contribution in [3.8, 4) is 11.3 Å². The zero-order valence-corrected chi connectivity index (χ0v) is 8.78. The lowest BCUT2D eigenvalue weighted by atomic mass is 10.0. The van der Waals surface area contributed by atoms with Gasteiger partial charge in [-0.2, -0.15) is 5.10 Å². The van der Waals surface area contributed by atoms with E-state index in [1.165, 1.54) is 16.7 Å². The maximum absolute atomic E-state index is 4.42. The Morgan fingerprint density at radius 1 is 1.07 bits per heavy atom. The third-order valence-corrected chi connectivity index (χ3v) is 2.45. The summed E-state index contributed by atoms with van der Waals surface area (Å²) >= 11 is 0. The van der Waals surface area contributed by atoms with E-state index in [-0.39, 0.29) is 0 Å². The molecular formula is C12H14N2. The van der Waals surface area contributed by atoms with E-state index in [1.807, 2.05) is 17.9 Å². The Labute approximate surface area is 84.2 Å². The van der Waals surface area contributed by atoms with Crippen molar-refractivity contribution in [1.29, 1.82) is 0 Å². The number of nitrogens with zero attached hydrogens (tertiary/aromatic N) is 2. The Balaban J connectivity index is 2.61. The average Bonchev–Trinajstić information content (AvgIpc) is 2.51. The minimum atomic E-state index is 1.06. The predicted molar refractivity (Wildman–Crippen MR) is 58.1 cm³/mol. The van der Waals surface area contributed by atoms with E-state index in [9.17, 15) is 0 Å². The molecule has 1 aromatic heterocycles. The summed E-state index contributed by atoms with van der Waals surface area (Å²) < 4.78 is 1.83. The lowest BCUT2D eigenvalue weighted by Crippen LogP contribution is -1.91. The Bertz CT molecular complexity index is 435. The molecule has 0 saturated heterocycles. The molecule has 0 radical (unpaired) electrons. The highest BCUT2D eigenvalue weighted by Crippen LogP contribution is 2.24. The van der Waals surface area contributed by atoms with E-state index < -0.39 is 0 Å². The summed E-state index contributed by atoms with van der Waals surface area (Å²) in [5.41, 5.74) is 4.88. The van der Waals surface area contributed by atoms with Crippen LogP contribution >= 0.6 is 0 Å². The molecule has 0 atom stereocenters. The molecule has 2 nitrogen and oxygen atoms in total. The molecule has 2 aromatic rings. The van der Waals surface area contributed by atoms with Gasteiger partial charge in [-0.1, -0.05) is 18.2 Å². The molecule has 2 rings (SSSR count). The first-order valence-corrected chi connectivity index (χ1v) is 4.75. The Hall–Kier alpha value is -1.57. The molecule has 0 N–H and O–H groups in total. The zero-order chi connectivity index (χ0) is 10.1. The highest BCUT2D eigenvalue weighted by Gasteiger charge is 2.06. The lowest BCUT2D eigenvalue weighted by Gasteiger charge is -2.05. The molecule has 0 saturated carbocycles. The van der Waals surface area contributed by atoms with Crippen molar-refractivity contribution >= 4 is 0 Å². The molecule has 2 heteroatoms. The van der Waals surface area contributed by atoms with Crippen LogP contribution in [-0.2, 0) is 7.05 Å². The fraction of sp³-hybridized carbons (Fsp3) is 0.250. The first-order valence-electron chi connectivity index (χ1n) is 4.75. The van der Waals surface area contributed by atoms with E-state index in [4.69, 9.17) is 0 Å². The van der Waals surface area contributed by atoms with Crippen LogP contribution in [0.5, 0.6) is 0 Å². The molecule has 0 aliphatic heterocycles. The van der Waals surface area contributed by atoms with Crippen molar-refractivity contribution in [2.75, 3.05) is 0 Å². The molecule has 0 amide bonds. The summed E-state index contributed by atoms with van der Waals surface area (Å²) in [6.07, 6.45) is 1.97. The van der Waals surface area contributed by atoms with Crippen LogP contribution in [0.15, 0.2) is 30.5 Å². The summed E-state index contributed by atoms with van der Waals surface area (Å²) in [6, 6.07) is 8.38. The number of benzene rings is 1. The van der Waals surface area contributed by atoms with E-state index in [2.05, 4.69) is 43.2 Å². The maximum atomic E-state index is 4.42. The number of rotatable bonds is 1. The zero-order valence-electron chi connectivity index (χ0n) is 8.78. The van der Waals surface area contributed by atoms with Gasteiger partial charge in [0.25, 0.3) is 0 Å². The minimum absolute atomic E-state index is 1.06. The van der Waals surface area contributed by atoms with Crippen molar-refractivity contribution in [3.63, 3.8) is 0 Å². The summed E-state index contributed by atoms with van der Waals surface area (Å²) in [4.78, 5) is 0. The predicted octanol–water partition coefficient (Wildman–Crippen LogP) is 2.70. The highest BCUT2D eigenvalue weighted by molar-refractivity contribution is 5.66. The van der Waals surface area contributed by atoms with Gasteiger partial charge in [0.1, 0.15) is 0 Å². The van der Waals surface area contributed by atoms with Gasteiger partial charge in [0.05, 0.1) is 5.69 Å². The standard InChI is InChI=1S/C12H14N2/c1-9-5-4-6-10(2)12(9)11-7-8-14(3)13-11/h4-8H,1-3H3. The van der Waals surface area contributed by atoms with E-state index in [0.29, 0.717) is 0 Å². The minimum Gasteiger partial charge on any atom is -0.275 e. The van der Waals surface area contributed by atoms with Gasteiger partial charge in [-0.05, 0) is 31.0 Å². The lowest BCUT2D eigenvalue weighted by molar-refractivity contribution is 0.770. The third-order valence-electron chi connectivity index (χ3n) is 2.45. The van der Waals surface area contributed by atoms with Crippen LogP contribution < -0.4 is 0 Å². The van der Waals surface area contributed by atoms with Gasteiger partial charge >= 0.3 is 0 Å². The molecule has 0 unspecified atom stereocenters. The van der Waals surface area contributed by atoms with E-state index in [1.54, 1.807) is 0 Å². The topological polar surface area (TPSA) is 17.8 Å². The highest BCUT2D eigenvalue weighted by atomic mass is 15.2. The van der Waals surface area contributed by atoms with Crippen LogP contribution in [0.4, 0.5) is 0 Å². The monoisotopic (exact) mass is 186 g/mol. The van der Waals surface area contributed by atoms with Crippen LogP contribution in [0.1, 0.15) is 11.1 Å². The largest absolute Gasteiger partial charge is 0.275 e. The molecule has 1 heterocycles. The third kappa shape index (κ3) is 1.43. The quantitative estimate of drug-likeness (QED) is 0.669. The van der Waals surface area contributed by atoms with Crippen molar-refractivity contribution in [2.45, 2.75) is 13.8 Å². The molecule has 0 aliphatic rings. The summed E-state index contributed by atoms with van der Waals surface area (Å²) in [5, 5.41) is 4.42. The second-order valence-electron chi connectivity index (χ2n) is 3.64. The molecule has 0 bridgehead atoms.